The Morgan fingerprint density at radius 3 is 2.57 bits per heavy atom. The molecule has 0 aliphatic rings. The van der Waals surface area contributed by atoms with Gasteiger partial charge in [-0.2, -0.15) is 0 Å². The van der Waals surface area contributed by atoms with Crippen LogP contribution in [0, 0.1) is 0 Å². The van der Waals surface area contributed by atoms with Crippen LogP contribution in [0.1, 0.15) is 11.7 Å². The van der Waals surface area contributed by atoms with Gasteiger partial charge in [-0.05, 0) is 12.1 Å². The van der Waals surface area contributed by atoms with E-state index in [2.05, 4.69) is 10.3 Å². The van der Waals surface area contributed by atoms with Crippen molar-refractivity contribution in [1.29, 1.82) is 0 Å². The van der Waals surface area contributed by atoms with Gasteiger partial charge in [0, 0.05) is 34.4 Å². The van der Waals surface area contributed by atoms with Crippen molar-refractivity contribution in [3.05, 3.63) is 30.1 Å². The van der Waals surface area contributed by atoms with Crippen molar-refractivity contribution in [2.75, 3.05) is 41.4 Å². The van der Waals surface area contributed by atoms with Gasteiger partial charge < -0.3 is 19.9 Å². The maximum Gasteiger partial charge on any atom is 0.318 e. The van der Waals surface area contributed by atoms with Gasteiger partial charge in [-0.3, -0.25) is 9.78 Å². The molecule has 0 bridgehead atoms. The molecule has 1 rings (SSSR count). The number of aromatic nitrogens is 1. The number of nitrogens with zero attached hydrogens (tertiary/aromatic N) is 3. The largest absolute Gasteiger partial charge is 0.382 e. The number of likely N-dealkylation sites (N-methyl/N-ethyl adjacent to an activating group) is 2. The molecule has 0 fully saturated rings. The molecule has 7 heteroatoms. The van der Waals surface area contributed by atoms with E-state index in [1.807, 2.05) is 18.2 Å². The highest BCUT2D eigenvalue weighted by Crippen LogP contribution is 2.17. The molecule has 0 aliphatic heterocycles. The number of carbonyl (C=O) groups excluding carboxylic acids is 2. The van der Waals surface area contributed by atoms with E-state index >= 15 is 0 Å². The zero-order chi connectivity index (χ0) is 15.8. The molecular formula is C14H22N4O3. The standard InChI is InChI=1S/C14H22N4O3/c1-17(2)13(19)9-16-14(20)18(3)12(10-21-4)11-7-5-6-8-15-11/h5-8,12H,9-10H2,1-4H3,(H,16,20)/t12-/m1/s1. The molecule has 0 radical (unpaired) electrons. The van der Waals surface area contributed by atoms with Crippen LogP contribution in [0.3, 0.4) is 0 Å². The first kappa shape index (κ1) is 16.9. The van der Waals surface area contributed by atoms with Gasteiger partial charge >= 0.3 is 6.03 Å². The van der Waals surface area contributed by atoms with Crippen LogP contribution in [0.5, 0.6) is 0 Å². The molecule has 3 amide bonds. The Balaban J connectivity index is 2.70. The fourth-order valence-corrected chi connectivity index (χ4v) is 1.70. The number of carbonyl (C=O) groups is 2. The molecule has 1 heterocycles. The smallest absolute Gasteiger partial charge is 0.318 e. The van der Waals surface area contributed by atoms with Gasteiger partial charge in [0.1, 0.15) is 0 Å². The van der Waals surface area contributed by atoms with Crippen molar-refractivity contribution < 1.29 is 14.3 Å². The average molecular weight is 294 g/mol. The van der Waals surface area contributed by atoms with Crippen molar-refractivity contribution in [3.63, 3.8) is 0 Å². The van der Waals surface area contributed by atoms with Gasteiger partial charge in [-0.15, -0.1) is 0 Å². The fraction of sp³-hybridized carbons (Fsp3) is 0.500. The number of hydrogen-bond donors (Lipinski definition) is 1. The number of methoxy groups -OCH3 is 1. The van der Waals surface area contributed by atoms with E-state index in [1.165, 1.54) is 9.80 Å². The van der Waals surface area contributed by atoms with Crippen molar-refractivity contribution in [3.8, 4) is 0 Å². The Morgan fingerprint density at radius 2 is 2.05 bits per heavy atom. The highest BCUT2D eigenvalue weighted by atomic mass is 16.5. The van der Waals surface area contributed by atoms with Crippen molar-refractivity contribution in [2.24, 2.45) is 0 Å². The highest BCUT2D eigenvalue weighted by Gasteiger charge is 2.23. The summed E-state index contributed by atoms with van der Waals surface area (Å²) in [4.78, 5) is 30.8. The molecule has 0 unspecified atom stereocenters. The van der Waals surface area contributed by atoms with Crippen LogP contribution in [0.15, 0.2) is 24.4 Å². The number of pyridine rings is 1. The molecule has 21 heavy (non-hydrogen) atoms. The molecule has 116 valence electrons. The van der Waals surface area contributed by atoms with Crippen LogP contribution in [-0.4, -0.2) is 68.1 Å². The number of hydrogen-bond acceptors (Lipinski definition) is 4. The minimum Gasteiger partial charge on any atom is -0.382 e. The Labute approximate surface area is 124 Å². The lowest BCUT2D eigenvalue weighted by atomic mass is 10.2. The Kier molecular flexibility index (Phi) is 6.61. The third-order valence-corrected chi connectivity index (χ3v) is 3.03. The highest BCUT2D eigenvalue weighted by molar-refractivity contribution is 5.83. The van der Waals surface area contributed by atoms with Gasteiger partial charge in [0.25, 0.3) is 0 Å². The topological polar surface area (TPSA) is 74.8 Å². The van der Waals surface area contributed by atoms with Crippen molar-refractivity contribution in [1.82, 2.24) is 20.1 Å². The molecule has 7 nitrogen and oxygen atoms in total. The monoisotopic (exact) mass is 294 g/mol. The molecule has 1 aromatic rings. The number of urea groups is 1. The van der Waals surface area contributed by atoms with Crippen LogP contribution < -0.4 is 5.32 Å². The van der Waals surface area contributed by atoms with Crippen LogP contribution >= 0.6 is 0 Å². The normalized spacial score (nSPS) is 11.6. The quantitative estimate of drug-likeness (QED) is 0.829. The molecule has 1 aromatic heterocycles. The summed E-state index contributed by atoms with van der Waals surface area (Å²) in [6.07, 6.45) is 1.67. The summed E-state index contributed by atoms with van der Waals surface area (Å²) in [7, 11) is 6.49. The maximum absolute atomic E-state index is 12.1. The second-order valence-corrected chi connectivity index (χ2v) is 4.78. The van der Waals surface area contributed by atoms with E-state index in [9.17, 15) is 9.59 Å². The molecular weight excluding hydrogens is 272 g/mol. The predicted octanol–water partition coefficient (Wildman–Crippen LogP) is 0.499. The maximum atomic E-state index is 12.1. The third kappa shape index (κ3) is 5.03. The molecule has 0 saturated heterocycles. The summed E-state index contributed by atoms with van der Waals surface area (Å²) in [6, 6.07) is 4.83. The van der Waals surface area contributed by atoms with Crippen LogP contribution in [0.4, 0.5) is 4.79 Å². The molecule has 0 aromatic carbocycles. The lowest BCUT2D eigenvalue weighted by Crippen LogP contribution is -2.44. The first-order chi connectivity index (χ1) is 9.97. The summed E-state index contributed by atoms with van der Waals surface area (Å²) in [5.74, 6) is -0.169. The van der Waals surface area contributed by atoms with Crippen LogP contribution in [0.25, 0.3) is 0 Å². The molecule has 0 spiro atoms. The summed E-state index contributed by atoms with van der Waals surface area (Å²) in [6.45, 7) is 0.278. The van der Waals surface area contributed by atoms with Crippen molar-refractivity contribution in [2.45, 2.75) is 6.04 Å². The van der Waals surface area contributed by atoms with Gasteiger partial charge in [-0.1, -0.05) is 6.07 Å². The van der Waals surface area contributed by atoms with E-state index < -0.39 is 0 Å². The second kappa shape index (κ2) is 8.21. The van der Waals surface area contributed by atoms with E-state index in [0.717, 1.165) is 5.69 Å². The molecule has 1 N–H and O–H groups in total. The summed E-state index contributed by atoms with van der Waals surface area (Å²) < 4.78 is 5.16. The average Bonchev–Trinajstić information content (AvgIpc) is 2.49. The zero-order valence-electron chi connectivity index (χ0n) is 12.9. The fourth-order valence-electron chi connectivity index (χ4n) is 1.70. The zero-order valence-corrected chi connectivity index (χ0v) is 12.9. The van der Waals surface area contributed by atoms with Gasteiger partial charge in [0.15, 0.2) is 0 Å². The lowest BCUT2D eigenvalue weighted by molar-refractivity contribution is -0.127. The van der Waals surface area contributed by atoms with Gasteiger partial charge in [0.2, 0.25) is 5.91 Å². The Morgan fingerprint density at radius 1 is 1.33 bits per heavy atom. The second-order valence-electron chi connectivity index (χ2n) is 4.78. The summed E-state index contributed by atoms with van der Waals surface area (Å²) >= 11 is 0. The SMILES string of the molecule is COC[C@H](c1ccccn1)N(C)C(=O)NCC(=O)N(C)C. The van der Waals surface area contributed by atoms with Gasteiger partial charge in [0.05, 0.1) is 24.9 Å². The Hall–Kier alpha value is -2.15. The third-order valence-electron chi connectivity index (χ3n) is 3.03. The number of ether oxygens (including phenoxy) is 1. The first-order valence-electron chi connectivity index (χ1n) is 6.58. The predicted molar refractivity (Wildman–Crippen MR) is 78.7 cm³/mol. The number of nitrogens with one attached hydrogen (secondary N) is 1. The molecule has 1 atom stereocenters. The summed E-state index contributed by atoms with van der Waals surface area (Å²) in [5.41, 5.74) is 0.732. The van der Waals surface area contributed by atoms with Crippen LogP contribution in [0.2, 0.25) is 0 Å². The minimum atomic E-state index is -0.349. The summed E-state index contributed by atoms with van der Waals surface area (Å²) in [5, 5.41) is 2.58. The number of amides is 3. The molecule has 0 aliphatic carbocycles. The minimum absolute atomic E-state index is 0.0436. The van der Waals surface area contributed by atoms with E-state index in [4.69, 9.17) is 4.74 Å². The van der Waals surface area contributed by atoms with E-state index in [-0.39, 0.29) is 24.5 Å². The van der Waals surface area contributed by atoms with Crippen molar-refractivity contribution >= 4 is 11.9 Å². The first-order valence-corrected chi connectivity index (χ1v) is 6.58. The Bertz CT molecular complexity index is 465. The number of rotatable bonds is 6. The van der Waals surface area contributed by atoms with E-state index in [0.29, 0.717) is 6.61 Å². The van der Waals surface area contributed by atoms with Crippen LogP contribution in [-0.2, 0) is 9.53 Å². The lowest BCUT2D eigenvalue weighted by Gasteiger charge is -2.27. The molecule has 0 saturated carbocycles. The van der Waals surface area contributed by atoms with Gasteiger partial charge in [-0.25, -0.2) is 4.79 Å². The van der Waals surface area contributed by atoms with E-state index in [1.54, 1.807) is 34.4 Å².